The van der Waals surface area contributed by atoms with Crippen molar-refractivity contribution in [1.29, 1.82) is 0 Å². The lowest BCUT2D eigenvalue weighted by atomic mass is 10.0. The second-order valence-corrected chi connectivity index (χ2v) is 5.23. The van der Waals surface area contributed by atoms with Crippen molar-refractivity contribution < 1.29 is 0 Å². The van der Waals surface area contributed by atoms with Crippen molar-refractivity contribution in [3.63, 3.8) is 0 Å². The molecule has 0 aromatic heterocycles. The zero-order valence-corrected chi connectivity index (χ0v) is 11.5. The third-order valence-corrected chi connectivity index (χ3v) is 4.05. The highest BCUT2D eigenvalue weighted by Crippen LogP contribution is 2.27. The van der Waals surface area contributed by atoms with Gasteiger partial charge in [-0.3, -0.25) is 4.90 Å². The first-order valence-corrected chi connectivity index (χ1v) is 6.55. The second-order valence-electron chi connectivity index (χ2n) is 4.74. The van der Waals surface area contributed by atoms with Gasteiger partial charge in [0, 0.05) is 43.3 Å². The highest BCUT2D eigenvalue weighted by molar-refractivity contribution is 7.80. The van der Waals surface area contributed by atoms with Crippen molar-refractivity contribution in [2.75, 3.05) is 31.9 Å². The Hall–Kier alpha value is -0.710. The van der Waals surface area contributed by atoms with E-state index in [-0.39, 0.29) is 0 Å². The maximum atomic E-state index is 6.11. The average Bonchev–Trinajstić information content (AvgIpc) is 2.35. The fourth-order valence-electron chi connectivity index (χ4n) is 2.25. The van der Waals surface area contributed by atoms with Crippen LogP contribution in [-0.2, 0) is 6.54 Å². The van der Waals surface area contributed by atoms with Crippen LogP contribution >= 0.6 is 12.6 Å². The van der Waals surface area contributed by atoms with E-state index in [2.05, 4.69) is 35.8 Å². The SMILES string of the molecule is Cc1c(S)cc(CN2CCNCC2)c(C)c1N. The number of nitrogens with two attached hydrogens (primary N) is 1. The molecule has 17 heavy (non-hydrogen) atoms. The topological polar surface area (TPSA) is 41.3 Å². The van der Waals surface area contributed by atoms with E-state index in [0.29, 0.717) is 0 Å². The molecule has 1 aromatic carbocycles. The Morgan fingerprint density at radius 2 is 1.94 bits per heavy atom. The lowest BCUT2D eigenvalue weighted by molar-refractivity contribution is 0.232. The largest absolute Gasteiger partial charge is 0.398 e. The molecule has 1 heterocycles. The number of piperazine rings is 1. The summed E-state index contributed by atoms with van der Waals surface area (Å²) >= 11 is 4.49. The third kappa shape index (κ3) is 2.76. The summed E-state index contributed by atoms with van der Waals surface area (Å²) in [6.45, 7) is 9.48. The van der Waals surface area contributed by atoms with Crippen LogP contribution in [0, 0.1) is 13.8 Å². The van der Waals surface area contributed by atoms with Crippen molar-refractivity contribution in [3.05, 3.63) is 22.8 Å². The van der Waals surface area contributed by atoms with Gasteiger partial charge in [0.15, 0.2) is 0 Å². The zero-order valence-electron chi connectivity index (χ0n) is 10.6. The Bertz CT molecular complexity index is 412. The standard InChI is InChI=1S/C13H21N3S/c1-9-11(7-12(17)10(2)13(9)14)8-16-5-3-15-4-6-16/h7,15,17H,3-6,8,14H2,1-2H3. The number of anilines is 1. The third-order valence-electron chi connectivity index (χ3n) is 3.59. The minimum atomic E-state index is 0.891. The number of benzene rings is 1. The van der Waals surface area contributed by atoms with E-state index in [4.69, 9.17) is 5.73 Å². The Morgan fingerprint density at radius 1 is 1.29 bits per heavy atom. The van der Waals surface area contributed by atoms with Gasteiger partial charge in [0.2, 0.25) is 0 Å². The molecule has 0 radical (unpaired) electrons. The van der Waals surface area contributed by atoms with Gasteiger partial charge >= 0.3 is 0 Å². The van der Waals surface area contributed by atoms with Gasteiger partial charge in [-0.25, -0.2) is 0 Å². The van der Waals surface area contributed by atoms with E-state index in [1.165, 1.54) is 11.1 Å². The lowest BCUT2D eigenvalue weighted by Crippen LogP contribution is -2.43. The van der Waals surface area contributed by atoms with Crippen LogP contribution in [0.2, 0.25) is 0 Å². The molecule has 1 saturated heterocycles. The first kappa shape index (κ1) is 12.7. The second kappa shape index (κ2) is 5.29. The summed E-state index contributed by atoms with van der Waals surface area (Å²) in [6.07, 6.45) is 0. The minimum absolute atomic E-state index is 0.891. The Balaban J connectivity index is 2.20. The summed E-state index contributed by atoms with van der Waals surface area (Å²) in [5, 5.41) is 3.37. The van der Waals surface area contributed by atoms with Gasteiger partial charge in [0.05, 0.1) is 0 Å². The van der Waals surface area contributed by atoms with Crippen molar-refractivity contribution in [3.8, 4) is 0 Å². The monoisotopic (exact) mass is 251 g/mol. The highest BCUT2D eigenvalue weighted by Gasteiger charge is 2.14. The van der Waals surface area contributed by atoms with Crippen LogP contribution in [0.3, 0.4) is 0 Å². The zero-order chi connectivity index (χ0) is 12.4. The van der Waals surface area contributed by atoms with E-state index < -0.39 is 0 Å². The summed E-state index contributed by atoms with van der Waals surface area (Å²) < 4.78 is 0. The van der Waals surface area contributed by atoms with Crippen LogP contribution in [0.15, 0.2) is 11.0 Å². The van der Waals surface area contributed by atoms with E-state index in [0.717, 1.165) is 48.9 Å². The molecule has 0 atom stereocenters. The van der Waals surface area contributed by atoms with Gasteiger partial charge in [-0.1, -0.05) is 0 Å². The van der Waals surface area contributed by atoms with Crippen molar-refractivity contribution in [2.45, 2.75) is 25.3 Å². The van der Waals surface area contributed by atoms with Crippen LogP contribution in [-0.4, -0.2) is 31.1 Å². The Kier molecular flexibility index (Phi) is 3.97. The maximum absolute atomic E-state index is 6.11. The fourth-order valence-corrected chi connectivity index (χ4v) is 2.52. The van der Waals surface area contributed by atoms with E-state index in [9.17, 15) is 0 Å². The van der Waals surface area contributed by atoms with Crippen LogP contribution in [0.4, 0.5) is 5.69 Å². The molecule has 3 nitrogen and oxygen atoms in total. The van der Waals surface area contributed by atoms with Gasteiger partial charge < -0.3 is 11.1 Å². The minimum Gasteiger partial charge on any atom is -0.398 e. The van der Waals surface area contributed by atoms with E-state index in [1.807, 2.05) is 6.92 Å². The summed E-state index contributed by atoms with van der Waals surface area (Å²) in [5.41, 5.74) is 10.6. The molecule has 2 rings (SSSR count). The molecule has 1 aliphatic heterocycles. The summed E-state index contributed by atoms with van der Waals surface area (Å²) in [6, 6.07) is 2.16. The van der Waals surface area contributed by atoms with Crippen LogP contribution in [0.25, 0.3) is 0 Å². The number of hydrogen-bond donors (Lipinski definition) is 3. The van der Waals surface area contributed by atoms with Crippen LogP contribution in [0.1, 0.15) is 16.7 Å². The van der Waals surface area contributed by atoms with Gasteiger partial charge in [-0.2, -0.15) is 0 Å². The smallest absolute Gasteiger partial charge is 0.0387 e. The molecule has 4 heteroatoms. The Labute approximate surface area is 109 Å². The summed E-state index contributed by atoms with van der Waals surface area (Å²) in [7, 11) is 0. The highest BCUT2D eigenvalue weighted by atomic mass is 32.1. The fraction of sp³-hybridized carbons (Fsp3) is 0.538. The molecule has 0 bridgehead atoms. The quantitative estimate of drug-likeness (QED) is 0.552. The van der Waals surface area contributed by atoms with Gasteiger partial charge in [-0.05, 0) is 36.6 Å². The summed E-state index contributed by atoms with van der Waals surface area (Å²) in [5.74, 6) is 0. The molecule has 0 unspecified atom stereocenters. The van der Waals surface area contributed by atoms with E-state index in [1.54, 1.807) is 0 Å². The number of thiol groups is 1. The number of nitrogen functional groups attached to an aromatic ring is 1. The molecule has 94 valence electrons. The molecule has 0 amide bonds. The normalized spacial score (nSPS) is 17.4. The summed E-state index contributed by atoms with van der Waals surface area (Å²) in [4.78, 5) is 3.46. The molecule has 1 aromatic rings. The molecule has 0 spiro atoms. The maximum Gasteiger partial charge on any atom is 0.0387 e. The van der Waals surface area contributed by atoms with Gasteiger partial charge in [0.25, 0.3) is 0 Å². The number of rotatable bonds is 2. The number of hydrogen-bond acceptors (Lipinski definition) is 4. The molecule has 3 N–H and O–H groups in total. The van der Waals surface area contributed by atoms with Crippen molar-refractivity contribution in [2.24, 2.45) is 0 Å². The number of nitrogens with zero attached hydrogens (tertiary/aromatic N) is 1. The average molecular weight is 251 g/mol. The molecule has 1 aliphatic rings. The first-order valence-electron chi connectivity index (χ1n) is 6.10. The van der Waals surface area contributed by atoms with Gasteiger partial charge in [-0.15, -0.1) is 12.6 Å². The first-order chi connectivity index (χ1) is 8.09. The van der Waals surface area contributed by atoms with Crippen molar-refractivity contribution >= 4 is 18.3 Å². The van der Waals surface area contributed by atoms with Crippen molar-refractivity contribution in [1.82, 2.24) is 10.2 Å². The van der Waals surface area contributed by atoms with Crippen LogP contribution in [0.5, 0.6) is 0 Å². The molecular formula is C13H21N3S. The van der Waals surface area contributed by atoms with E-state index >= 15 is 0 Å². The number of nitrogens with one attached hydrogen (secondary N) is 1. The molecule has 0 saturated carbocycles. The lowest BCUT2D eigenvalue weighted by Gasteiger charge is -2.28. The molecule has 1 fully saturated rings. The predicted octanol–water partition coefficient (Wildman–Crippen LogP) is 1.58. The Morgan fingerprint density at radius 3 is 2.59 bits per heavy atom. The molecular weight excluding hydrogens is 230 g/mol. The predicted molar refractivity (Wildman–Crippen MR) is 75.7 cm³/mol. The van der Waals surface area contributed by atoms with Gasteiger partial charge in [0.1, 0.15) is 0 Å². The molecule has 0 aliphatic carbocycles. The van der Waals surface area contributed by atoms with Crippen LogP contribution < -0.4 is 11.1 Å².